The number of nitrogens with zero attached hydrogens (tertiary/aromatic N) is 1. The number of carbonyl (C=O) groups is 1. The highest BCUT2D eigenvalue weighted by molar-refractivity contribution is 7.89. The fraction of sp³-hybridized carbons (Fsp3) is 0.696. The fourth-order valence-corrected chi connectivity index (χ4v) is 9.05. The second kappa shape index (κ2) is 7.25. The van der Waals surface area contributed by atoms with Crippen LogP contribution in [0.3, 0.4) is 0 Å². The number of hydrogen-bond donors (Lipinski definition) is 2. The van der Waals surface area contributed by atoms with Crippen molar-refractivity contribution >= 4 is 15.9 Å². The Morgan fingerprint density at radius 1 is 1.19 bits per heavy atom. The van der Waals surface area contributed by atoms with E-state index in [1.807, 2.05) is 6.92 Å². The van der Waals surface area contributed by atoms with Gasteiger partial charge in [0.2, 0.25) is 15.9 Å². The molecule has 0 spiro atoms. The van der Waals surface area contributed by atoms with Crippen LogP contribution in [0, 0.1) is 23.6 Å². The maximum atomic E-state index is 13.7. The molecule has 31 heavy (non-hydrogen) atoms. The quantitative estimate of drug-likeness (QED) is 0.722. The molecule has 4 saturated carbocycles. The van der Waals surface area contributed by atoms with Gasteiger partial charge in [-0.05, 0) is 93.4 Å². The summed E-state index contributed by atoms with van der Waals surface area (Å²) in [5.74, 6) is 0.346. The molecule has 6 rings (SSSR count). The van der Waals surface area contributed by atoms with Gasteiger partial charge in [0, 0.05) is 12.6 Å². The van der Waals surface area contributed by atoms with Crippen LogP contribution in [0.2, 0.25) is 0 Å². The average Bonchev–Trinajstić information content (AvgIpc) is 3.16. The van der Waals surface area contributed by atoms with Crippen molar-refractivity contribution in [3.05, 3.63) is 30.1 Å². The van der Waals surface area contributed by atoms with Crippen LogP contribution in [0.15, 0.2) is 29.2 Å². The van der Waals surface area contributed by atoms with Crippen molar-refractivity contribution in [2.75, 3.05) is 6.54 Å². The molecular formula is C23H31FN2O4S. The Kier molecular flexibility index (Phi) is 4.99. The summed E-state index contributed by atoms with van der Waals surface area (Å²) in [4.78, 5) is 13.7. The lowest BCUT2D eigenvalue weighted by Crippen LogP contribution is -2.65. The molecule has 1 saturated heterocycles. The van der Waals surface area contributed by atoms with Crippen LogP contribution in [-0.2, 0) is 14.8 Å². The predicted molar refractivity (Wildman–Crippen MR) is 113 cm³/mol. The Labute approximate surface area is 183 Å². The lowest BCUT2D eigenvalue weighted by Gasteiger charge is -2.58. The molecule has 5 aliphatic rings. The molecule has 1 amide bonds. The molecule has 6 nitrogen and oxygen atoms in total. The smallest absolute Gasteiger partial charge is 0.244 e. The van der Waals surface area contributed by atoms with E-state index in [4.69, 9.17) is 0 Å². The SMILES string of the molecule is CCC1(C(=O)NC2C3CC4CC2CC(O)(C4)C3)CCCN1S(=O)(=O)c1ccc(F)cc1. The maximum Gasteiger partial charge on any atom is 0.244 e. The largest absolute Gasteiger partial charge is 0.390 e. The highest BCUT2D eigenvalue weighted by atomic mass is 32.2. The van der Waals surface area contributed by atoms with Gasteiger partial charge in [-0.3, -0.25) is 4.79 Å². The van der Waals surface area contributed by atoms with Gasteiger partial charge in [-0.15, -0.1) is 0 Å². The first-order valence-corrected chi connectivity index (χ1v) is 12.9. The topological polar surface area (TPSA) is 86.7 Å². The van der Waals surface area contributed by atoms with Gasteiger partial charge in [0.15, 0.2) is 0 Å². The van der Waals surface area contributed by atoms with Gasteiger partial charge in [-0.1, -0.05) is 6.92 Å². The van der Waals surface area contributed by atoms with E-state index < -0.39 is 27.0 Å². The van der Waals surface area contributed by atoms with E-state index in [2.05, 4.69) is 5.32 Å². The third-order valence-corrected chi connectivity index (χ3v) is 10.4. The van der Waals surface area contributed by atoms with Gasteiger partial charge < -0.3 is 10.4 Å². The van der Waals surface area contributed by atoms with Crippen LogP contribution in [-0.4, -0.2) is 47.5 Å². The molecule has 8 heteroatoms. The summed E-state index contributed by atoms with van der Waals surface area (Å²) < 4.78 is 41.5. The summed E-state index contributed by atoms with van der Waals surface area (Å²) in [6.07, 6.45) is 5.85. The number of hydrogen-bond acceptors (Lipinski definition) is 4. The summed E-state index contributed by atoms with van der Waals surface area (Å²) in [6, 6.07) is 4.80. The molecule has 1 aromatic carbocycles. The second-order valence-corrected chi connectivity index (χ2v) is 12.1. The van der Waals surface area contributed by atoms with Crippen molar-refractivity contribution in [2.45, 2.75) is 80.4 Å². The number of rotatable bonds is 5. The highest BCUT2D eigenvalue weighted by Gasteiger charge is 2.57. The maximum absolute atomic E-state index is 13.7. The Bertz CT molecular complexity index is 966. The van der Waals surface area contributed by atoms with Gasteiger partial charge in [-0.2, -0.15) is 4.31 Å². The lowest BCUT2D eigenvalue weighted by atomic mass is 9.52. The molecule has 4 bridgehead atoms. The van der Waals surface area contributed by atoms with Crippen molar-refractivity contribution in [2.24, 2.45) is 17.8 Å². The highest BCUT2D eigenvalue weighted by Crippen LogP contribution is 2.55. The van der Waals surface area contributed by atoms with Crippen molar-refractivity contribution in [1.82, 2.24) is 9.62 Å². The van der Waals surface area contributed by atoms with Crippen molar-refractivity contribution in [3.63, 3.8) is 0 Å². The van der Waals surface area contributed by atoms with E-state index >= 15 is 0 Å². The molecule has 5 fully saturated rings. The van der Waals surface area contributed by atoms with Gasteiger partial charge in [-0.25, -0.2) is 12.8 Å². The number of amides is 1. The third-order valence-electron chi connectivity index (χ3n) is 8.38. The van der Waals surface area contributed by atoms with Gasteiger partial charge in [0.25, 0.3) is 0 Å². The molecule has 1 heterocycles. The van der Waals surface area contributed by atoms with E-state index in [1.165, 1.54) is 16.4 Å². The van der Waals surface area contributed by atoms with E-state index in [0.29, 0.717) is 25.2 Å². The molecule has 0 aromatic heterocycles. The molecule has 2 N–H and O–H groups in total. The molecule has 3 unspecified atom stereocenters. The molecule has 4 aliphatic carbocycles. The van der Waals surface area contributed by atoms with Crippen LogP contribution in [0.1, 0.15) is 58.3 Å². The molecule has 1 aromatic rings. The Morgan fingerprint density at radius 2 is 1.84 bits per heavy atom. The Morgan fingerprint density at radius 3 is 2.42 bits per heavy atom. The molecule has 3 atom stereocenters. The Hall–Kier alpha value is -1.51. The Balaban J connectivity index is 1.41. The third kappa shape index (κ3) is 3.33. The monoisotopic (exact) mass is 450 g/mol. The van der Waals surface area contributed by atoms with Gasteiger partial charge in [0.1, 0.15) is 11.4 Å². The zero-order valence-corrected chi connectivity index (χ0v) is 18.7. The number of sulfonamides is 1. The van der Waals surface area contributed by atoms with Crippen LogP contribution in [0.25, 0.3) is 0 Å². The molecular weight excluding hydrogens is 419 g/mol. The van der Waals surface area contributed by atoms with Crippen molar-refractivity contribution in [1.29, 1.82) is 0 Å². The molecule has 0 radical (unpaired) electrons. The summed E-state index contributed by atoms with van der Waals surface area (Å²) in [7, 11) is -3.93. The molecule has 1 aliphatic heterocycles. The number of carbonyl (C=O) groups excluding carboxylic acids is 1. The average molecular weight is 451 g/mol. The first-order valence-electron chi connectivity index (χ1n) is 11.5. The molecule has 170 valence electrons. The first kappa shape index (κ1) is 21.3. The predicted octanol–water partition coefficient (Wildman–Crippen LogP) is 2.81. The lowest BCUT2D eigenvalue weighted by molar-refractivity contribution is -0.150. The summed E-state index contributed by atoms with van der Waals surface area (Å²) >= 11 is 0. The van der Waals surface area contributed by atoms with E-state index in [-0.39, 0.29) is 35.2 Å². The van der Waals surface area contributed by atoms with Crippen LogP contribution in [0.5, 0.6) is 0 Å². The van der Waals surface area contributed by atoms with E-state index in [1.54, 1.807) is 0 Å². The van der Waals surface area contributed by atoms with E-state index in [0.717, 1.165) is 44.2 Å². The minimum Gasteiger partial charge on any atom is -0.390 e. The summed E-state index contributed by atoms with van der Waals surface area (Å²) in [6.45, 7) is 2.14. The van der Waals surface area contributed by atoms with Gasteiger partial charge >= 0.3 is 0 Å². The number of halogens is 1. The van der Waals surface area contributed by atoms with Crippen molar-refractivity contribution < 1.29 is 22.7 Å². The number of nitrogens with one attached hydrogen (secondary N) is 1. The normalized spacial score (nSPS) is 39.7. The zero-order valence-electron chi connectivity index (χ0n) is 17.9. The summed E-state index contributed by atoms with van der Waals surface area (Å²) in [5.41, 5.74) is -1.70. The fourth-order valence-electron chi connectivity index (χ4n) is 7.18. The van der Waals surface area contributed by atoms with Crippen LogP contribution >= 0.6 is 0 Å². The van der Waals surface area contributed by atoms with Crippen LogP contribution in [0.4, 0.5) is 4.39 Å². The minimum atomic E-state index is -3.93. The van der Waals surface area contributed by atoms with E-state index in [9.17, 15) is 22.7 Å². The zero-order chi connectivity index (χ0) is 22.0. The minimum absolute atomic E-state index is 0.00345. The van der Waals surface area contributed by atoms with Crippen molar-refractivity contribution in [3.8, 4) is 0 Å². The van der Waals surface area contributed by atoms with Gasteiger partial charge in [0.05, 0.1) is 10.5 Å². The number of aliphatic hydroxyl groups is 1. The first-order chi connectivity index (χ1) is 14.7. The number of benzene rings is 1. The second-order valence-electron chi connectivity index (χ2n) is 10.2. The summed E-state index contributed by atoms with van der Waals surface area (Å²) in [5, 5.41) is 14.1. The van der Waals surface area contributed by atoms with Crippen LogP contribution < -0.4 is 5.32 Å². The standard InChI is InChI=1S/C23H31FN2O4S/c1-2-23(8-3-9-26(23)31(29,30)19-6-4-18(24)5-7-19)21(27)25-20-16-10-15-11-17(20)14-22(28,12-15)13-16/h4-7,15-17,20,28H,2-3,8-14H2,1H3,(H,25,27).